The van der Waals surface area contributed by atoms with Crippen molar-refractivity contribution in [1.29, 1.82) is 0 Å². The van der Waals surface area contributed by atoms with Gasteiger partial charge in [-0.25, -0.2) is 0 Å². The first kappa shape index (κ1) is 20.1. The molecule has 0 radical (unpaired) electrons. The third kappa shape index (κ3) is 6.24. The molecule has 1 rings (SSSR count). The van der Waals surface area contributed by atoms with E-state index in [1.54, 1.807) is 18.9 Å². The first-order valence-corrected chi connectivity index (χ1v) is 9.67. The third-order valence-corrected chi connectivity index (χ3v) is 4.66. The lowest BCUT2D eigenvalue weighted by atomic mass is 10.1. The number of methoxy groups -OCH3 is 1. The Kier molecular flexibility index (Phi) is 9.43. The minimum atomic E-state index is -0.839. The fraction of sp³-hybridized carbons (Fsp3) is 0.562. The highest BCUT2D eigenvalue weighted by Crippen LogP contribution is 2.36. The molecule has 0 amide bonds. The van der Waals surface area contributed by atoms with Crippen LogP contribution in [-0.4, -0.2) is 42.8 Å². The molecule has 0 saturated carbocycles. The highest BCUT2D eigenvalue weighted by Gasteiger charge is 2.19. The van der Waals surface area contributed by atoms with Gasteiger partial charge in [0.2, 0.25) is 0 Å². The molecule has 0 heterocycles. The van der Waals surface area contributed by atoms with E-state index in [1.807, 2.05) is 25.3 Å². The predicted octanol–water partition coefficient (Wildman–Crippen LogP) is 3.54. The molecule has 1 atom stereocenters. The van der Waals surface area contributed by atoms with Gasteiger partial charge in [0.1, 0.15) is 6.04 Å². The van der Waals surface area contributed by atoms with Gasteiger partial charge in [0.25, 0.3) is 0 Å². The Morgan fingerprint density at radius 3 is 2.78 bits per heavy atom. The van der Waals surface area contributed by atoms with Crippen LogP contribution in [0.4, 0.5) is 0 Å². The van der Waals surface area contributed by atoms with E-state index in [-0.39, 0.29) is 0 Å². The molecule has 0 aromatic heterocycles. The monoisotopic (exact) mass is 405 g/mol. The summed E-state index contributed by atoms with van der Waals surface area (Å²) >= 11 is 5.15. The number of aliphatic carboxylic acids is 1. The largest absolute Gasteiger partial charge is 0.493 e. The van der Waals surface area contributed by atoms with Gasteiger partial charge in [-0.2, -0.15) is 11.8 Å². The lowest BCUT2D eigenvalue weighted by Gasteiger charge is -2.19. The van der Waals surface area contributed by atoms with Crippen LogP contribution in [0.3, 0.4) is 0 Å². The number of hydrogen-bond donors (Lipinski definition) is 2. The Hall–Kier alpha value is -0.920. The van der Waals surface area contributed by atoms with Crippen molar-refractivity contribution in [2.75, 3.05) is 25.7 Å². The fourth-order valence-electron chi connectivity index (χ4n) is 2.04. The van der Waals surface area contributed by atoms with E-state index in [0.717, 1.165) is 22.2 Å². The standard InChI is InChI=1S/C16H24BrNO4S/c1-4-8-22-15-11(12(17)5-6-14(15)21-2)10-18-13(16(19)20)7-9-23-3/h5-6,13,18H,4,7-10H2,1-3H3,(H,19,20). The number of benzene rings is 1. The van der Waals surface area contributed by atoms with Gasteiger partial charge in [-0.3, -0.25) is 4.79 Å². The number of halogens is 1. The Morgan fingerprint density at radius 2 is 2.22 bits per heavy atom. The Labute approximate surface area is 150 Å². The molecule has 1 aromatic carbocycles. The van der Waals surface area contributed by atoms with Crippen molar-refractivity contribution >= 4 is 33.7 Å². The minimum Gasteiger partial charge on any atom is -0.493 e. The highest BCUT2D eigenvalue weighted by atomic mass is 79.9. The van der Waals surface area contributed by atoms with Crippen LogP contribution >= 0.6 is 27.7 Å². The highest BCUT2D eigenvalue weighted by molar-refractivity contribution is 9.10. The SMILES string of the molecule is CCCOc1c(OC)ccc(Br)c1CNC(CCSC)C(=O)O. The van der Waals surface area contributed by atoms with E-state index in [2.05, 4.69) is 21.2 Å². The van der Waals surface area contributed by atoms with Crippen molar-refractivity contribution in [3.63, 3.8) is 0 Å². The molecule has 7 heteroatoms. The topological polar surface area (TPSA) is 67.8 Å². The van der Waals surface area contributed by atoms with Crippen molar-refractivity contribution in [2.24, 2.45) is 0 Å². The second-order valence-corrected chi connectivity index (χ2v) is 6.80. The molecular weight excluding hydrogens is 382 g/mol. The average Bonchev–Trinajstić information content (AvgIpc) is 2.54. The summed E-state index contributed by atoms with van der Waals surface area (Å²) in [6.45, 7) is 3.00. The Balaban J connectivity index is 2.94. The van der Waals surface area contributed by atoms with Gasteiger partial charge in [-0.1, -0.05) is 22.9 Å². The molecule has 0 saturated heterocycles. The number of carboxylic acids is 1. The molecule has 0 aliphatic carbocycles. The zero-order valence-electron chi connectivity index (χ0n) is 13.7. The van der Waals surface area contributed by atoms with E-state index in [1.165, 1.54) is 0 Å². The first-order chi connectivity index (χ1) is 11.0. The van der Waals surface area contributed by atoms with Crippen molar-refractivity contribution in [3.8, 4) is 11.5 Å². The summed E-state index contributed by atoms with van der Waals surface area (Å²) in [5, 5.41) is 12.4. The van der Waals surface area contributed by atoms with Crippen molar-refractivity contribution in [1.82, 2.24) is 5.32 Å². The molecule has 0 aliphatic rings. The summed E-state index contributed by atoms with van der Waals surface area (Å²) in [7, 11) is 1.60. The van der Waals surface area contributed by atoms with Crippen LogP contribution in [0.15, 0.2) is 16.6 Å². The summed E-state index contributed by atoms with van der Waals surface area (Å²) in [5.74, 6) is 1.26. The molecular formula is C16H24BrNO4S. The second-order valence-electron chi connectivity index (χ2n) is 4.96. The smallest absolute Gasteiger partial charge is 0.320 e. The number of nitrogens with one attached hydrogen (secondary N) is 1. The molecule has 130 valence electrons. The van der Waals surface area contributed by atoms with Gasteiger partial charge in [-0.15, -0.1) is 0 Å². The lowest BCUT2D eigenvalue weighted by molar-refractivity contribution is -0.139. The van der Waals surface area contributed by atoms with E-state index < -0.39 is 12.0 Å². The maximum Gasteiger partial charge on any atom is 0.320 e. The summed E-state index contributed by atoms with van der Waals surface area (Å²) < 4.78 is 12.0. The van der Waals surface area contributed by atoms with Crippen LogP contribution in [0.2, 0.25) is 0 Å². The van der Waals surface area contributed by atoms with E-state index in [4.69, 9.17) is 9.47 Å². The van der Waals surface area contributed by atoms with E-state index in [0.29, 0.717) is 31.1 Å². The van der Waals surface area contributed by atoms with Crippen LogP contribution in [0.25, 0.3) is 0 Å². The third-order valence-electron chi connectivity index (χ3n) is 3.27. The van der Waals surface area contributed by atoms with Crippen molar-refractivity contribution in [3.05, 3.63) is 22.2 Å². The number of ether oxygens (including phenoxy) is 2. The molecule has 1 unspecified atom stereocenters. The van der Waals surface area contributed by atoms with Gasteiger partial charge in [0, 0.05) is 16.6 Å². The number of hydrogen-bond acceptors (Lipinski definition) is 5. The summed E-state index contributed by atoms with van der Waals surface area (Å²) in [5.41, 5.74) is 0.869. The number of carbonyl (C=O) groups is 1. The zero-order chi connectivity index (χ0) is 17.2. The van der Waals surface area contributed by atoms with E-state index in [9.17, 15) is 9.90 Å². The molecule has 5 nitrogen and oxygen atoms in total. The van der Waals surface area contributed by atoms with Crippen LogP contribution in [0, 0.1) is 0 Å². The Morgan fingerprint density at radius 1 is 1.48 bits per heavy atom. The molecule has 0 fully saturated rings. The molecule has 2 N–H and O–H groups in total. The maximum atomic E-state index is 11.4. The Bertz CT molecular complexity index is 513. The molecule has 1 aromatic rings. The first-order valence-electron chi connectivity index (χ1n) is 7.48. The normalized spacial score (nSPS) is 12.0. The zero-order valence-corrected chi connectivity index (χ0v) is 16.1. The van der Waals surface area contributed by atoms with Gasteiger partial charge in [0.15, 0.2) is 11.5 Å². The summed E-state index contributed by atoms with van der Waals surface area (Å²) in [4.78, 5) is 11.4. The number of thioether (sulfide) groups is 1. The van der Waals surface area contributed by atoms with Gasteiger partial charge >= 0.3 is 5.97 Å². The van der Waals surface area contributed by atoms with Crippen molar-refractivity contribution in [2.45, 2.75) is 32.4 Å². The van der Waals surface area contributed by atoms with Crippen LogP contribution in [0.1, 0.15) is 25.3 Å². The molecule has 0 spiro atoms. The fourth-order valence-corrected chi connectivity index (χ4v) is 2.97. The minimum absolute atomic E-state index is 0.391. The van der Waals surface area contributed by atoms with Gasteiger partial charge in [0.05, 0.1) is 13.7 Å². The summed E-state index contributed by atoms with van der Waals surface area (Å²) in [6, 6.07) is 3.13. The van der Waals surface area contributed by atoms with Gasteiger partial charge < -0.3 is 19.9 Å². The molecule has 0 bridgehead atoms. The summed E-state index contributed by atoms with van der Waals surface area (Å²) in [6.07, 6.45) is 3.42. The van der Waals surface area contributed by atoms with E-state index >= 15 is 0 Å². The lowest BCUT2D eigenvalue weighted by Crippen LogP contribution is -2.36. The number of rotatable bonds is 11. The molecule has 0 aliphatic heterocycles. The second kappa shape index (κ2) is 10.8. The average molecular weight is 406 g/mol. The van der Waals surface area contributed by atoms with Crippen molar-refractivity contribution < 1.29 is 19.4 Å². The van der Waals surface area contributed by atoms with Gasteiger partial charge in [-0.05, 0) is 37.0 Å². The number of carboxylic acid groups (broad SMARTS) is 1. The molecule has 23 heavy (non-hydrogen) atoms. The maximum absolute atomic E-state index is 11.4. The quantitative estimate of drug-likeness (QED) is 0.586. The van der Waals surface area contributed by atoms with Crippen LogP contribution < -0.4 is 14.8 Å². The predicted molar refractivity (Wildman–Crippen MR) is 97.7 cm³/mol. The van der Waals surface area contributed by atoms with Crippen LogP contribution in [-0.2, 0) is 11.3 Å². The van der Waals surface area contributed by atoms with Crippen LogP contribution in [0.5, 0.6) is 11.5 Å².